The molecule has 0 unspecified atom stereocenters. The van der Waals surface area contributed by atoms with Crippen LogP contribution in [0.15, 0.2) is 71.1 Å². The fraction of sp³-hybridized carbons (Fsp3) is 0.280. The molecule has 31 heavy (non-hydrogen) atoms. The zero-order valence-corrected chi connectivity index (χ0v) is 18.5. The standard InChI is InChI=1S/C25H24ClNO4/c1-14-22(25(29)31-3)23(17-9-5-7-11-21(17)30-2)24-19(27-14)12-15(13-20(24)28)16-8-4-6-10-18(16)26/h4-11,15,23,27H,12-13H2,1-3H3/t15-,23-/m1/s1. The lowest BCUT2D eigenvalue weighted by Gasteiger charge is -2.37. The molecule has 0 fully saturated rings. The number of ketones is 1. The smallest absolute Gasteiger partial charge is 0.336 e. The number of carbonyl (C=O) groups is 2. The fourth-order valence-electron chi connectivity index (χ4n) is 4.66. The molecule has 1 aliphatic heterocycles. The number of esters is 1. The lowest BCUT2D eigenvalue weighted by atomic mass is 9.71. The molecule has 2 aromatic carbocycles. The van der Waals surface area contributed by atoms with Crippen LogP contribution in [-0.2, 0) is 14.3 Å². The van der Waals surface area contributed by atoms with Gasteiger partial charge in [-0.25, -0.2) is 4.79 Å². The van der Waals surface area contributed by atoms with Gasteiger partial charge >= 0.3 is 5.97 Å². The summed E-state index contributed by atoms with van der Waals surface area (Å²) in [5.41, 5.74) is 4.24. The molecule has 0 saturated carbocycles. The molecule has 2 atom stereocenters. The largest absolute Gasteiger partial charge is 0.496 e. The van der Waals surface area contributed by atoms with Gasteiger partial charge in [0.2, 0.25) is 0 Å². The maximum atomic E-state index is 13.5. The molecule has 1 N–H and O–H groups in total. The highest BCUT2D eigenvalue weighted by atomic mass is 35.5. The van der Waals surface area contributed by atoms with Crippen molar-refractivity contribution in [1.29, 1.82) is 0 Å². The number of benzene rings is 2. The number of allylic oxidation sites excluding steroid dienone is 3. The number of methoxy groups -OCH3 is 2. The quantitative estimate of drug-likeness (QED) is 0.690. The summed E-state index contributed by atoms with van der Waals surface area (Å²) in [4.78, 5) is 26.3. The Kier molecular flexibility index (Phi) is 5.88. The fourth-order valence-corrected chi connectivity index (χ4v) is 4.95. The Bertz CT molecular complexity index is 1120. The maximum absolute atomic E-state index is 13.5. The van der Waals surface area contributed by atoms with E-state index in [0.717, 1.165) is 16.8 Å². The van der Waals surface area contributed by atoms with E-state index < -0.39 is 11.9 Å². The van der Waals surface area contributed by atoms with Crippen LogP contribution in [0.4, 0.5) is 0 Å². The first-order chi connectivity index (χ1) is 15.0. The van der Waals surface area contributed by atoms with Crippen LogP contribution in [0.25, 0.3) is 0 Å². The number of Topliss-reactive ketones (excluding diaryl/α,β-unsaturated/α-hetero) is 1. The van der Waals surface area contributed by atoms with Crippen LogP contribution in [0.5, 0.6) is 5.75 Å². The Morgan fingerprint density at radius 3 is 2.39 bits per heavy atom. The molecule has 0 spiro atoms. The minimum Gasteiger partial charge on any atom is -0.496 e. The van der Waals surface area contributed by atoms with Crippen LogP contribution in [-0.4, -0.2) is 26.0 Å². The van der Waals surface area contributed by atoms with Gasteiger partial charge in [-0.1, -0.05) is 48.0 Å². The second-order valence-electron chi connectivity index (χ2n) is 7.77. The summed E-state index contributed by atoms with van der Waals surface area (Å²) in [6, 6.07) is 15.1. The summed E-state index contributed by atoms with van der Waals surface area (Å²) in [5.74, 6) is -0.439. The van der Waals surface area contributed by atoms with Crippen LogP contribution in [0.1, 0.15) is 42.7 Å². The number of nitrogens with one attached hydrogen (secondary N) is 1. The zero-order valence-electron chi connectivity index (χ0n) is 17.7. The number of carbonyl (C=O) groups excluding carboxylic acids is 2. The lowest BCUT2D eigenvalue weighted by Crippen LogP contribution is -2.36. The Morgan fingerprint density at radius 1 is 1.03 bits per heavy atom. The highest BCUT2D eigenvalue weighted by Crippen LogP contribution is 2.48. The number of rotatable bonds is 4. The summed E-state index contributed by atoms with van der Waals surface area (Å²) >= 11 is 6.42. The molecule has 0 saturated heterocycles. The van der Waals surface area contributed by atoms with E-state index in [-0.39, 0.29) is 11.7 Å². The maximum Gasteiger partial charge on any atom is 0.336 e. The summed E-state index contributed by atoms with van der Waals surface area (Å²) in [5, 5.41) is 3.98. The number of dihydropyridines is 1. The van der Waals surface area contributed by atoms with Crippen LogP contribution in [0.3, 0.4) is 0 Å². The van der Waals surface area contributed by atoms with E-state index in [9.17, 15) is 9.59 Å². The van der Waals surface area contributed by atoms with Crippen LogP contribution >= 0.6 is 11.6 Å². The molecule has 2 aliphatic rings. The van der Waals surface area contributed by atoms with Gasteiger partial charge in [-0.15, -0.1) is 0 Å². The second-order valence-corrected chi connectivity index (χ2v) is 8.18. The topological polar surface area (TPSA) is 64.6 Å². The zero-order chi connectivity index (χ0) is 22.1. The van der Waals surface area contributed by atoms with Gasteiger partial charge in [-0.2, -0.15) is 0 Å². The summed E-state index contributed by atoms with van der Waals surface area (Å²) in [6.07, 6.45) is 0.950. The molecule has 1 heterocycles. The predicted octanol–water partition coefficient (Wildman–Crippen LogP) is 4.88. The van der Waals surface area contributed by atoms with E-state index in [2.05, 4.69) is 5.32 Å². The van der Waals surface area contributed by atoms with Crippen molar-refractivity contribution in [3.8, 4) is 5.75 Å². The first-order valence-electron chi connectivity index (χ1n) is 10.2. The molecule has 0 amide bonds. The van der Waals surface area contributed by atoms with Gasteiger partial charge in [0.1, 0.15) is 5.75 Å². The number of ether oxygens (including phenoxy) is 2. The van der Waals surface area contributed by atoms with Crippen molar-refractivity contribution in [2.45, 2.75) is 31.6 Å². The third-order valence-electron chi connectivity index (χ3n) is 6.03. The first-order valence-corrected chi connectivity index (χ1v) is 10.5. The molecular formula is C25H24ClNO4. The summed E-state index contributed by atoms with van der Waals surface area (Å²) in [7, 11) is 2.93. The Morgan fingerprint density at radius 2 is 1.71 bits per heavy atom. The van der Waals surface area contributed by atoms with Crippen molar-refractivity contribution in [2.75, 3.05) is 14.2 Å². The van der Waals surface area contributed by atoms with Crippen molar-refractivity contribution < 1.29 is 19.1 Å². The van der Waals surface area contributed by atoms with E-state index in [0.29, 0.717) is 40.5 Å². The van der Waals surface area contributed by atoms with Gasteiger partial charge in [0.05, 0.1) is 25.7 Å². The minimum absolute atomic E-state index is 0.0107. The van der Waals surface area contributed by atoms with Crippen molar-refractivity contribution in [3.05, 3.63) is 87.2 Å². The van der Waals surface area contributed by atoms with E-state index in [1.54, 1.807) is 7.11 Å². The van der Waals surface area contributed by atoms with Crippen molar-refractivity contribution in [1.82, 2.24) is 5.32 Å². The average Bonchev–Trinajstić information content (AvgIpc) is 2.77. The molecule has 0 bridgehead atoms. The second kappa shape index (κ2) is 8.60. The SMILES string of the molecule is COC(=O)C1=C(C)NC2=C(C(=O)C[C@H](c3ccccc3Cl)C2)[C@@H]1c1ccccc1OC. The van der Waals surface area contributed by atoms with E-state index in [4.69, 9.17) is 21.1 Å². The molecule has 0 aromatic heterocycles. The van der Waals surface area contributed by atoms with Gasteiger partial charge in [0, 0.05) is 34.0 Å². The van der Waals surface area contributed by atoms with Gasteiger partial charge < -0.3 is 14.8 Å². The molecule has 5 nitrogen and oxygen atoms in total. The molecule has 2 aromatic rings. The molecule has 4 rings (SSSR count). The number of halogens is 1. The van der Waals surface area contributed by atoms with E-state index in [1.165, 1.54) is 7.11 Å². The third-order valence-corrected chi connectivity index (χ3v) is 6.37. The van der Waals surface area contributed by atoms with Crippen molar-refractivity contribution >= 4 is 23.4 Å². The van der Waals surface area contributed by atoms with Gasteiger partial charge in [-0.3, -0.25) is 4.79 Å². The average molecular weight is 438 g/mol. The molecule has 0 radical (unpaired) electrons. The number of para-hydroxylation sites is 1. The molecular weight excluding hydrogens is 414 g/mol. The molecule has 1 aliphatic carbocycles. The Labute approximate surface area is 186 Å². The highest BCUT2D eigenvalue weighted by molar-refractivity contribution is 6.31. The highest BCUT2D eigenvalue weighted by Gasteiger charge is 2.42. The summed E-state index contributed by atoms with van der Waals surface area (Å²) in [6.45, 7) is 1.84. The normalized spacial score (nSPS) is 20.8. The summed E-state index contributed by atoms with van der Waals surface area (Å²) < 4.78 is 10.6. The predicted molar refractivity (Wildman–Crippen MR) is 119 cm³/mol. The molecule has 160 valence electrons. The molecule has 6 heteroatoms. The monoisotopic (exact) mass is 437 g/mol. The minimum atomic E-state index is -0.556. The third kappa shape index (κ3) is 3.74. The van der Waals surface area contributed by atoms with Crippen molar-refractivity contribution in [2.24, 2.45) is 0 Å². The van der Waals surface area contributed by atoms with Gasteiger partial charge in [-0.05, 0) is 37.0 Å². The van der Waals surface area contributed by atoms with Crippen molar-refractivity contribution in [3.63, 3.8) is 0 Å². The van der Waals surface area contributed by atoms with E-state index >= 15 is 0 Å². The lowest BCUT2D eigenvalue weighted by molar-refractivity contribution is -0.136. The van der Waals surface area contributed by atoms with Gasteiger partial charge in [0.15, 0.2) is 5.78 Å². The van der Waals surface area contributed by atoms with Gasteiger partial charge in [0.25, 0.3) is 0 Å². The number of hydrogen-bond donors (Lipinski definition) is 1. The first kappa shape index (κ1) is 21.2. The Hall–Kier alpha value is -3.05. The Balaban J connectivity index is 1.86. The number of hydrogen-bond acceptors (Lipinski definition) is 5. The van der Waals surface area contributed by atoms with Crippen LogP contribution in [0, 0.1) is 0 Å². The van der Waals surface area contributed by atoms with E-state index in [1.807, 2.05) is 55.5 Å². The van der Waals surface area contributed by atoms with Crippen LogP contribution in [0.2, 0.25) is 5.02 Å². The van der Waals surface area contributed by atoms with Crippen LogP contribution < -0.4 is 10.1 Å².